The Balaban J connectivity index is 1.56. The van der Waals surface area contributed by atoms with E-state index in [-0.39, 0.29) is 79.4 Å². The van der Waals surface area contributed by atoms with E-state index in [0.29, 0.717) is 24.2 Å². The fourth-order valence-corrected chi connectivity index (χ4v) is 7.05. The topological polar surface area (TPSA) is 95.5 Å². The number of carbonyl (C=O) groups excluding carboxylic acids is 1. The number of rotatable bonds is 11. The number of hydrogen-bond donors (Lipinski definition) is 2. The molecule has 16 unspecified atom stereocenters. The van der Waals surface area contributed by atoms with Crippen molar-refractivity contribution in [3.63, 3.8) is 0 Å². The SMILES string of the molecule is C#CC(=O)NCC(O)CCCC1OC(CC)C(OC2OC(C)C(OC3OC(C)C(C)C(C)C3C)C(C)C2C)C(C)C1C. The number of ether oxygens (including phenoxy) is 5. The lowest BCUT2D eigenvalue weighted by atomic mass is 9.78. The molecule has 0 radical (unpaired) electrons. The van der Waals surface area contributed by atoms with Crippen LogP contribution in [0.3, 0.4) is 0 Å². The average molecular weight is 594 g/mol. The Morgan fingerprint density at radius 2 is 1.36 bits per heavy atom. The van der Waals surface area contributed by atoms with Crippen molar-refractivity contribution in [2.45, 2.75) is 150 Å². The normalized spacial score (nSPS) is 45.1. The van der Waals surface area contributed by atoms with Gasteiger partial charge < -0.3 is 34.1 Å². The van der Waals surface area contributed by atoms with Crippen LogP contribution >= 0.6 is 0 Å². The molecule has 2 N–H and O–H groups in total. The van der Waals surface area contributed by atoms with Crippen molar-refractivity contribution in [3.8, 4) is 12.3 Å². The van der Waals surface area contributed by atoms with Crippen molar-refractivity contribution in [2.24, 2.45) is 41.4 Å². The maximum atomic E-state index is 11.2. The van der Waals surface area contributed by atoms with Crippen molar-refractivity contribution in [1.82, 2.24) is 5.32 Å². The fourth-order valence-electron chi connectivity index (χ4n) is 7.05. The van der Waals surface area contributed by atoms with E-state index in [4.69, 9.17) is 30.1 Å². The summed E-state index contributed by atoms with van der Waals surface area (Å²) in [5, 5.41) is 12.8. The number of nitrogens with one attached hydrogen (secondary N) is 1. The summed E-state index contributed by atoms with van der Waals surface area (Å²) < 4.78 is 33.0. The molecule has 16 atom stereocenters. The minimum atomic E-state index is -0.623. The molecule has 0 saturated carbocycles. The Kier molecular flexibility index (Phi) is 13.2. The molecular weight excluding hydrogens is 534 g/mol. The zero-order valence-electron chi connectivity index (χ0n) is 27.7. The molecule has 3 fully saturated rings. The lowest BCUT2D eigenvalue weighted by Crippen LogP contribution is -2.57. The molecule has 42 heavy (non-hydrogen) atoms. The van der Waals surface area contributed by atoms with Crippen LogP contribution in [0.1, 0.15) is 94.9 Å². The van der Waals surface area contributed by atoms with Gasteiger partial charge in [-0.2, -0.15) is 0 Å². The van der Waals surface area contributed by atoms with Crippen LogP contribution in [0.4, 0.5) is 0 Å². The Labute approximate surface area is 255 Å². The largest absolute Gasteiger partial charge is 0.391 e. The summed E-state index contributed by atoms with van der Waals surface area (Å²) in [7, 11) is 0. The highest BCUT2D eigenvalue weighted by Gasteiger charge is 2.48. The Morgan fingerprint density at radius 1 is 0.786 bits per heavy atom. The summed E-state index contributed by atoms with van der Waals surface area (Å²) in [6.45, 7) is 22.3. The minimum Gasteiger partial charge on any atom is -0.391 e. The molecule has 0 aliphatic carbocycles. The molecule has 8 heteroatoms. The number of aliphatic hydroxyl groups is 1. The predicted molar refractivity (Wildman–Crippen MR) is 163 cm³/mol. The lowest BCUT2D eigenvalue weighted by molar-refractivity contribution is -0.336. The fraction of sp³-hybridized carbons (Fsp3) is 0.912. The lowest BCUT2D eigenvalue weighted by Gasteiger charge is -2.50. The van der Waals surface area contributed by atoms with Gasteiger partial charge in [-0.15, -0.1) is 6.42 Å². The van der Waals surface area contributed by atoms with Crippen molar-refractivity contribution in [3.05, 3.63) is 0 Å². The summed E-state index contributed by atoms with van der Waals surface area (Å²) in [4.78, 5) is 11.2. The van der Waals surface area contributed by atoms with Gasteiger partial charge in [0.05, 0.1) is 42.7 Å². The van der Waals surface area contributed by atoms with Gasteiger partial charge in [-0.1, -0.05) is 55.4 Å². The minimum absolute atomic E-state index is 0.0297. The van der Waals surface area contributed by atoms with Gasteiger partial charge in [0.2, 0.25) is 0 Å². The van der Waals surface area contributed by atoms with Crippen molar-refractivity contribution < 1.29 is 33.6 Å². The zero-order valence-corrected chi connectivity index (χ0v) is 27.7. The van der Waals surface area contributed by atoms with Crippen LogP contribution in [-0.2, 0) is 28.5 Å². The van der Waals surface area contributed by atoms with E-state index < -0.39 is 12.0 Å². The molecule has 0 aromatic carbocycles. The number of carbonyl (C=O) groups is 1. The molecule has 1 amide bonds. The second kappa shape index (κ2) is 15.7. The summed E-state index contributed by atoms with van der Waals surface area (Å²) in [6, 6.07) is 0. The van der Waals surface area contributed by atoms with Gasteiger partial charge >= 0.3 is 0 Å². The number of hydrogen-bond acceptors (Lipinski definition) is 7. The summed E-state index contributed by atoms with van der Waals surface area (Å²) in [5.74, 6) is 3.80. The van der Waals surface area contributed by atoms with Gasteiger partial charge in [0.25, 0.3) is 5.91 Å². The van der Waals surface area contributed by atoms with Gasteiger partial charge in [0.1, 0.15) is 0 Å². The molecule has 0 spiro atoms. The first-order valence-corrected chi connectivity index (χ1v) is 16.5. The molecule has 0 bridgehead atoms. The van der Waals surface area contributed by atoms with Crippen molar-refractivity contribution in [1.29, 1.82) is 0 Å². The highest BCUT2D eigenvalue weighted by molar-refractivity contribution is 5.92. The van der Waals surface area contributed by atoms with E-state index in [1.807, 2.05) is 5.92 Å². The molecule has 3 rings (SSSR count). The maximum absolute atomic E-state index is 11.2. The molecular formula is C34H59NO7. The molecule has 0 aromatic rings. The average Bonchev–Trinajstić information content (AvgIpc) is 2.97. The third-order valence-electron chi connectivity index (χ3n) is 11.1. The second-order valence-electron chi connectivity index (χ2n) is 13.7. The van der Waals surface area contributed by atoms with Crippen molar-refractivity contribution >= 4 is 5.91 Å². The Morgan fingerprint density at radius 3 is 1.98 bits per heavy atom. The molecule has 3 saturated heterocycles. The molecule has 3 aliphatic heterocycles. The molecule has 3 aliphatic rings. The smallest absolute Gasteiger partial charge is 0.295 e. The van der Waals surface area contributed by atoms with Crippen LogP contribution in [0.5, 0.6) is 0 Å². The third kappa shape index (κ3) is 8.28. The highest BCUT2D eigenvalue weighted by atomic mass is 16.7. The van der Waals surface area contributed by atoms with E-state index in [1.165, 1.54) is 0 Å². The van der Waals surface area contributed by atoms with Gasteiger partial charge in [-0.3, -0.25) is 4.79 Å². The van der Waals surface area contributed by atoms with Crippen molar-refractivity contribution in [2.75, 3.05) is 6.54 Å². The number of aliphatic hydroxyl groups excluding tert-OH is 1. The highest BCUT2D eigenvalue weighted by Crippen LogP contribution is 2.42. The van der Waals surface area contributed by atoms with Crippen LogP contribution in [0, 0.1) is 53.8 Å². The standard InChI is InChI=1S/C34H59NO7/c1-12-28-32(21(6)20(5)29(40-28)16-14-15-27(36)17-35-30(37)13-2)42-34-24(9)22(7)31(26(11)39-34)41-33-23(8)18(3)19(4)25(10)38-33/h2,18-29,31-34,36H,12,14-17H2,1,3-11H3,(H,35,37). The Hall–Kier alpha value is -1.21. The van der Waals surface area contributed by atoms with E-state index in [9.17, 15) is 9.90 Å². The third-order valence-corrected chi connectivity index (χ3v) is 11.1. The summed E-state index contributed by atoms with van der Waals surface area (Å²) in [6.07, 6.45) is 6.92. The number of amides is 1. The first kappa shape index (κ1) is 35.3. The molecule has 8 nitrogen and oxygen atoms in total. The van der Waals surface area contributed by atoms with Crippen LogP contribution in [0.2, 0.25) is 0 Å². The summed E-state index contributed by atoms with van der Waals surface area (Å²) >= 11 is 0. The second-order valence-corrected chi connectivity index (χ2v) is 13.7. The van der Waals surface area contributed by atoms with Gasteiger partial charge in [0, 0.05) is 18.4 Å². The van der Waals surface area contributed by atoms with E-state index in [0.717, 1.165) is 19.3 Å². The maximum Gasteiger partial charge on any atom is 0.295 e. The van der Waals surface area contributed by atoms with E-state index in [2.05, 4.69) is 74.6 Å². The molecule has 0 aromatic heterocycles. The van der Waals surface area contributed by atoms with Crippen LogP contribution in [-0.4, -0.2) is 72.9 Å². The predicted octanol–water partition coefficient (Wildman–Crippen LogP) is 5.16. The molecule has 242 valence electrons. The zero-order chi connectivity index (χ0) is 31.3. The summed E-state index contributed by atoms with van der Waals surface area (Å²) in [5.41, 5.74) is 0. The van der Waals surface area contributed by atoms with E-state index >= 15 is 0 Å². The van der Waals surface area contributed by atoms with Gasteiger partial charge in [0.15, 0.2) is 12.6 Å². The monoisotopic (exact) mass is 593 g/mol. The Bertz CT molecular complexity index is 892. The van der Waals surface area contributed by atoms with Crippen LogP contribution in [0.25, 0.3) is 0 Å². The van der Waals surface area contributed by atoms with Gasteiger partial charge in [-0.05, 0) is 75.0 Å². The number of terminal acetylenes is 1. The van der Waals surface area contributed by atoms with E-state index in [1.54, 1.807) is 0 Å². The molecule has 3 heterocycles. The quantitative estimate of drug-likeness (QED) is 0.320. The first-order chi connectivity index (χ1) is 19.8. The first-order valence-electron chi connectivity index (χ1n) is 16.5. The van der Waals surface area contributed by atoms with Crippen LogP contribution < -0.4 is 5.32 Å². The van der Waals surface area contributed by atoms with Gasteiger partial charge in [-0.25, -0.2) is 0 Å². The van der Waals surface area contributed by atoms with Crippen LogP contribution in [0.15, 0.2) is 0 Å².